The molecule has 0 fully saturated rings. The molecule has 0 aliphatic carbocycles. The Hall–Kier alpha value is -2.13. The number of nitrogens with one attached hydrogen (secondary N) is 1. The number of hydrogen-bond donors (Lipinski definition) is 2. The lowest BCUT2D eigenvalue weighted by Gasteiger charge is -2.25. The quantitative estimate of drug-likeness (QED) is 0.674. The normalized spacial score (nSPS) is 14.0. The van der Waals surface area contributed by atoms with E-state index < -0.39 is 30.0 Å². The lowest BCUT2D eigenvalue weighted by atomic mass is 10.1. The van der Waals surface area contributed by atoms with E-state index in [-0.39, 0.29) is 11.3 Å². The molecule has 26 heavy (non-hydrogen) atoms. The van der Waals surface area contributed by atoms with Crippen molar-refractivity contribution < 1.29 is 27.5 Å². The number of hydrogen-bond acceptors (Lipinski definition) is 4. The summed E-state index contributed by atoms with van der Waals surface area (Å²) in [5.74, 6) is -1.77. The van der Waals surface area contributed by atoms with Gasteiger partial charge in [0.2, 0.25) is 0 Å². The van der Waals surface area contributed by atoms with Crippen LogP contribution >= 0.6 is 11.8 Å². The van der Waals surface area contributed by atoms with Gasteiger partial charge < -0.3 is 5.11 Å². The summed E-state index contributed by atoms with van der Waals surface area (Å²) in [5.41, 5.74) is 0.451. The first-order valence-electron chi connectivity index (χ1n) is 7.56. The number of alkyl halides is 3. The lowest BCUT2D eigenvalue weighted by molar-refractivity contribution is -0.162. The molecule has 9 heteroatoms. The van der Waals surface area contributed by atoms with Crippen molar-refractivity contribution in [2.75, 3.05) is 5.75 Å². The van der Waals surface area contributed by atoms with Crippen LogP contribution in [0, 0.1) is 5.82 Å². The molecule has 2 rings (SSSR count). The van der Waals surface area contributed by atoms with E-state index in [0.717, 1.165) is 36.0 Å². The van der Waals surface area contributed by atoms with Crippen molar-refractivity contribution in [2.45, 2.75) is 24.0 Å². The van der Waals surface area contributed by atoms with Gasteiger partial charge in [0.05, 0.1) is 5.69 Å². The van der Waals surface area contributed by atoms with Gasteiger partial charge in [-0.15, -0.1) is 0 Å². The zero-order valence-corrected chi connectivity index (χ0v) is 14.2. The minimum absolute atomic E-state index is 0.0836. The first-order chi connectivity index (χ1) is 12.3. The number of carboxylic acids is 1. The predicted molar refractivity (Wildman–Crippen MR) is 90.2 cm³/mol. The molecule has 2 atom stereocenters. The molecule has 1 aromatic heterocycles. The Morgan fingerprint density at radius 1 is 1.19 bits per heavy atom. The second kappa shape index (κ2) is 9.00. The standard InChI is InChI=1S/C17H16F4N2O2S/c18-12-6-4-11(5-7-12)15(17(19,20)21)23-14(16(24)25)10-26-9-13-3-1-2-8-22-13/h1-8,14-15,23H,9-10H2,(H,24,25)/t14-,15?/m0/s1. The van der Waals surface area contributed by atoms with Gasteiger partial charge in [0.1, 0.15) is 17.9 Å². The van der Waals surface area contributed by atoms with Gasteiger partial charge in [0.25, 0.3) is 0 Å². The van der Waals surface area contributed by atoms with E-state index in [1.165, 1.54) is 0 Å². The number of benzene rings is 1. The summed E-state index contributed by atoms with van der Waals surface area (Å²) in [7, 11) is 0. The second-order valence-electron chi connectivity index (χ2n) is 5.42. The van der Waals surface area contributed by atoms with Gasteiger partial charge in [0.15, 0.2) is 0 Å². The van der Waals surface area contributed by atoms with Gasteiger partial charge in [-0.1, -0.05) is 18.2 Å². The average molecular weight is 388 g/mol. The van der Waals surface area contributed by atoms with Crippen LogP contribution in [0.3, 0.4) is 0 Å². The Morgan fingerprint density at radius 3 is 2.42 bits per heavy atom. The first kappa shape index (κ1) is 20.2. The van der Waals surface area contributed by atoms with Gasteiger partial charge in [0, 0.05) is 17.7 Å². The van der Waals surface area contributed by atoms with E-state index in [4.69, 9.17) is 0 Å². The zero-order chi connectivity index (χ0) is 19.2. The first-order valence-corrected chi connectivity index (χ1v) is 8.71. The summed E-state index contributed by atoms with van der Waals surface area (Å²) in [6.07, 6.45) is -3.14. The number of halogens is 4. The van der Waals surface area contributed by atoms with E-state index in [2.05, 4.69) is 10.3 Å². The van der Waals surface area contributed by atoms with Crippen molar-refractivity contribution in [1.82, 2.24) is 10.3 Å². The fourth-order valence-corrected chi connectivity index (χ4v) is 3.16. The summed E-state index contributed by atoms with van der Waals surface area (Å²) in [6, 6.07) is 5.38. The minimum atomic E-state index is -4.73. The van der Waals surface area contributed by atoms with Crippen molar-refractivity contribution in [1.29, 1.82) is 0 Å². The number of rotatable bonds is 8. The zero-order valence-electron chi connectivity index (χ0n) is 13.4. The molecule has 1 unspecified atom stereocenters. The van der Waals surface area contributed by atoms with Gasteiger partial charge in [-0.25, -0.2) is 4.39 Å². The molecule has 0 amide bonds. The van der Waals surface area contributed by atoms with Crippen molar-refractivity contribution in [3.63, 3.8) is 0 Å². The number of carbonyl (C=O) groups is 1. The highest BCUT2D eigenvalue weighted by molar-refractivity contribution is 7.98. The van der Waals surface area contributed by atoms with Crippen LogP contribution in [0.4, 0.5) is 17.6 Å². The highest BCUT2D eigenvalue weighted by Crippen LogP contribution is 2.33. The second-order valence-corrected chi connectivity index (χ2v) is 6.45. The monoisotopic (exact) mass is 388 g/mol. The summed E-state index contributed by atoms with van der Waals surface area (Å²) < 4.78 is 53.0. The predicted octanol–water partition coefficient (Wildman–Crippen LogP) is 3.80. The SMILES string of the molecule is O=C(O)[C@H](CSCc1ccccn1)NC(c1ccc(F)cc1)C(F)(F)F. The Kier molecular flexibility index (Phi) is 6.98. The maximum absolute atomic E-state index is 13.4. The van der Waals surface area contributed by atoms with Gasteiger partial charge in [-0.3, -0.25) is 15.1 Å². The van der Waals surface area contributed by atoms with Gasteiger partial charge in [-0.05, 0) is 29.8 Å². The Morgan fingerprint density at radius 2 is 1.88 bits per heavy atom. The number of thioether (sulfide) groups is 1. The molecule has 1 heterocycles. The summed E-state index contributed by atoms with van der Waals surface area (Å²) in [4.78, 5) is 15.4. The molecule has 140 valence electrons. The molecule has 1 aromatic carbocycles. The third-order valence-electron chi connectivity index (χ3n) is 3.46. The topological polar surface area (TPSA) is 62.2 Å². The Bertz CT molecular complexity index is 711. The average Bonchev–Trinajstić information content (AvgIpc) is 2.58. The molecule has 0 spiro atoms. The molecule has 0 aliphatic rings. The molecular weight excluding hydrogens is 372 g/mol. The smallest absolute Gasteiger partial charge is 0.407 e. The van der Waals surface area contributed by atoms with Gasteiger partial charge >= 0.3 is 12.1 Å². The third kappa shape index (κ3) is 5.99. The van der Waals surface area contributed by atoms with E-state index in [9.17, 15) is 27.5 Å². The minimum Gasteiger partial charge on any atom is -0.480 e. The fraction of sp³-hybridized carbons (Fsp3) is 0.294. The summed E-state index contributed by atoms with van der Waals surface area (Å²) in [5, 5.41) is 11.4. The Labute approximate surface area is 151 Å². The van der Waals surface area contributed by atoms with E-state index in [1.54, 1.807) is 24.4 Å². The van der Waals surface area contributed by atoms with Crippen LogP contribution in [0.1, 0.15) is 17.3 Å². The highest BCUT2D eigenvalue weighted by atomic mass is 32.2. The molecule has 0 radical (unpaired) electrons. The van der Waals surface area contributed by atoms with Crippen molar-refractivity contribution in [3.8, 4) is 0 Å². The molecule has 0 aliphatic heterocycles. The van der Waals surface area contributed by atoms with Crippen LogP contribution in [-0.2, 0) is 10.5 Å². The van der Waals surface area contributed by atoms with Crippen LogP contribution < -0.4 is 5.32 Å². The van der Waals surface area contributed by atoms with Crippen LogP contribution in [0.5, 0.6) is 0 Å². The number of carboxylic acid groups (broad SMARTS) is 1. The largest absolute Gasteiger partial charge is 0.480 e. The lowest BCUT2D eigenvalue weighted by Crippen LogP contribution is -2.46. The van der Waals surface area contributed by atoms with E-state index >= 15 is 0 Å². The molecule has 2 aromatic rings. The fourth-order valence-electron chi connectivity index (χ4n) is 2.19. The number of aliphatic carboxylic acids is 1. The van der Waals surface area contributed by atoms with E-state index in [0.29, 0.717) is 11.4 Å². The molecule has 2 N–H and O–H groups in total. The molecule has 0 bridgehead atoms. The maximum Gasteiger partial charge on any atom is 0.407 e. The van der Waals surface area contributed by atoms with Crippen LogP contribution in [-0.4, -0.2) is 34.0 Å². The number of nitrogens with zero attached hydrogens (tertiary/aromatic N) is 1. The molecule has 0 saturated carbocycles. The number of pyridine rings is 1. The Balaban J connectivity index is 2.06. The van der Waals surface area contributed by atoms with Crippen LogP contribution in [0.15, 0.2) is 48.7 Å². The summed E-state index contributed by atoms with van der Waals surface area (Å²) >= 11 is 1.16. The van der Waals surface area contributed by atoms with Crippen molar-refractivity contribution in [2.24, 2.45) is 0 Å². The van der Waals surface area contributed by atoms with E-state index in [1.807, 2.05) is 0 Å². The van der Waals surface area contributed by atoms with Crippen LogP contribution in [0.2, 0.25) is 0 Å². The molecular formula is C17H16F4N2O2S. The van der Waals surface area contributed by atoms with Gasteiger partial charge in [-0.2, -0.15) is 24.9 Å². The van der Waals surface area contributed by atoms with Crippen molar-refractivity contribution >= 4 is 17.7 Å². The van der Waals surface area contributed by atoms with Crippen molar-refractivity contribution in [3.05, 3.63) is 65.7 Å². The highest BCUT2D eigenvalue weighted by Gasteiger charge is 2.42. The third-order valence-corrected chi connectivity index (χ3v) is 4.53. The molecule has 0 saturated heterocycles. The molecule has 4 nitrogen and oxygen atoms in total. The summed E-state index contributed by atoms with van der Waals surface area (Å²) in [6.45, 7) is 0. The van der Waals surface area contributed by atoms with Crippen LogP contribution in [0.25, 0.3) is 0 Å². The number of aromatic nitrogens is 1. The maximum atomic E-state index is 13.4.